The van der Waals surface area contributed by atoms with Crippen LogP contribution in [0.5, 0.6) is 0 Å². The van der Waals surface area contributed by atoms with Gasteiger partial charge >= 0.3 is 0 Å². The maximum atomic E-state index is 12.3. The van der Waals surface area contributed by atoms with Crippen LogP contribution in [0.4, 0.5) is 0 Å². The van der Waals surface area contributed by atoms with Gasteiger partial charge in [-0.2, -0.15) is 0 Å². The molecule has 10 nitrogen and oxygen atoms in total. The summed E-state index contributed by atoms with van der Waals surface area (Å²) in [6.45, 7) is 8.50. The fourth-order valence-electron chi connectivity index (χ4n) is 6.35. The van der Waals surface area contributed by atoms with Crippen LogP contribution in [0.1, 0.15) is 200 Å². The molecular formula is C44H87N3O7S. The molecule has 0 bridgehead atoms. The third-order valence-corrected chi connectivity index (χ3v) is 10.2. The van der Waals surface area contributed by atoms with Gasteiger partial charge in [0, 0.05) is 25.9 Å². The second kappa shape index (κ2) is 44.9. The summed E-state index contributed by atoms with van der Waals surface area (Å²) in [6.07, 6.45) is 44.3. The van der Waals surface area contributed by atoms with E-state index < -0.39 is 10.4 Å². The van der Waals surface area contributed by atoms with Crippen LogP contribution in [0, 0.1) is 0 Å². The van der Waals surface area contributed by atoms with Crippen molar-refractivity contribution in [2.24, 2.45) is 0 Å². The van der Waals surface area contributed by atoms with Crippen molar-refractivity contribution in [1.82, 2.24) is 10.6 Å². The Bertz CT molecular complexity index is 934. The van der Waals surface area contributed by atoms with E-state index in [9.17, 15) is 27.7 Å². The predicted molar refractivity (Wildman–Crippen MR) is 229 cm³/mol. The van der Waals surface area contributed by atoms with E-state index in [1.165, 1.54) is 146 Å². The van der Waals surface area contributed by atoms with Crippen LogP contribution >= 0.6 is 0 Å². The van der Waals surface area contributed by atoms with Gasteiger partial charge in [-0.15, -0.1) is 0 Å². The van der Waals surface area contributed by atoms with E-state index in [1.807, 2.05) is 0 Å². The second-order valence-corrected chi connectivity index (χ2v) is 16.2. The van der Waals surface area contributed by atoms with Crippen molar-refractivity contribution in [1.29, 1.82) is 0 Å². The molecule has 1 unspecified atom stereocenters. The Labute approximate surface area is 339 Å². The maximum Gasteiger partial charge on any atom is 0.220 e. The number of aliphatic hydroxyl groups is 1. The van der Waals surface area contributed by atoms with Crippen LogP contribution in [-0.4, -0.2) is 76.3 Å². The Morgan fingerprint density at radius 1 is 0.545 bits per heavy atom. The molecular weight excluding hydrogens is 715 g/mol. The van der Waals surface area contributed by atoms with Crippen molar-refractivity contribution >= 4 is 22.2 Å². The summed E-state index contributed by atoms with van der Waals surface area (Å²) in [5.41, 5.74) is 0. The van der Waals surface area contributed by atoms with Crippen molar-refractivity contribution in [2.45, 2.75) is 200 Å². The molecule has 0 rings (SSSR count). The Morgan fingerprint density at radius 3 is 1.16 bits per heavy atom. The van der Waals surface area contributed by atoms with Gasteiger partial charge < -0.3 is 25.2 Å². The van der Waals surface area contributed by atoms with E-state index in [-0.39, 0.29) is 18.4 Å². The van der Waals surface area contributed by atoms with Crippen molar-refractivity contribution in [3.63, 3.8) is 0 Å². The maximum absolute atomic E-state index is 12.3. The summed E-state index contributed by atoms with van der Waals surface area (Å²) in [4.78, 5) is 26.0. The number of hydrogen-bond donors (Lipinski definition) is 4. The summed E-state index contributed by atoms with van der Waals surface area (Å²) < 4.78 is 31.0. The highest BCUT2D eigenvalue weighted by atomic mass is 32.3. The molecule has 0 fully saturated rings. The van der Waals surface area contributed by atoms with Crippen LogP contribution in [0.25, 0.3) is 0 Å². The molecule has 0 aromatic heterocycles. The fraction of sp³-hybridized carbons (Fsp3) is 0.864. The van der Waals surface area contributed by atoms with Gasteiger partial charge in [-0.05, 0) is 64.2 Å². The zero-order valence-electron chi connectivity index (χ0n) is 35.9. The van der Waals surface area contributed by atoms with Crippen LogP contribution in [0.15, 0.2) is 24.3 Å². The van der Waals surface area contributed by atoms with Gasteiger partial charge in [-0.1, -0.05) is 141 Å². The molecule has 0 aliphatic heterocycles. The Kier molecular flexibility index (Phi) is 45.2. The number of carbonyl (C=O) groups is 2. The topological polar surface area (TPSA) is 149 Å². The van der Waals surface area contributed by atoms with Crippen molar-refractivity contribution in [3.05, 3.63) is 24.3 Å². The molecule has 0 heterocycles. The van der Waals surface area contributed by atoms with Crippen molar-refractivity contribution < 1.29 is 36.7 Å². The average molecular weight is 802 g/mol. The monoisotopic (exact) mass is 802 g/mol. The quantitative estimate of drug-likeness (QED) is 0.0210. The van der Waals surface area contributed by atoms with Gasteiger partial charge in [-0.3, -0.25) is 13.8 Å². The lowest BCUT2D eigenvalue weighted by Crippen LogP contribution is -3.13. The highest BCUT2D eigenvalue weighted by molar-refractivity contribution is 7.80. The highest BCUT2D eigenvalue weighted by Gasteiger charge is 2.10. The van der Waals surface area contributed by atoms with E-state index in [0.717, 1.165) is 58.8 Å². The first-order chi connectivity index (χ1) is 26.7. The minimum absolute atomic E-state index is 0.146. The third kappa shape index (κ3) is 50.2. The van der Waals surface area contributed by atoms with E-state index >= 15 is 0 Å². The van der Waals surface area contributed by atoms with Crippen LogP contribution in [0.2, 0.25) is 0 Å². The van der Waals surface area contributed by atoms with E-state index in [1.54, 1.807) is 0 Å². The van der Waals surface area contributed by atoms with E-state index in [4.69, 9.17) is 0 Å². The lowest BCUT2D eigenvalue weighted by molar-refractivity contribution is -0.897. The highest BCUT2D eigenvalue weighted by Crippen LogP contribution is 2.11. The number of hydrogen-bond acceptors (Lipinski definition) is 7. The number of allylic oxidation sites excluding steroid dienone is 4. The Morgan fingerprint density at radius 2 is 0.855 bits per heavy atom. The van der Waals surface area contributed by atoms with Gasteiger partial charge in [-0.25, -0.2) is 8.42 Å². The second-order valence-electron chi connectivity index (χ2n) is 15.0. The molecule has 11 heteroatoms. The van der Waals surface area contributed by atoms with Crippen LogP contribution < -0.4 is 15.5 Å². The normalized spacial score (nSPS) is 12.2. The summed E-state index contributed by atoms with van der Waals surface area (Å²) in [6, 6.07) is 0. The molecule has 1 atom stereocenters. The first-order valence-electron chi connectivity index (χ1n) is 22.5. The number of unbranched alkanes of at least 4 members (excludes halogenated alkanes) is 22. The van der Waals surface area contributed by atoms with E-state index in [2.05, 4.69) is 53.0 Å². The summed E-state index contributed by atoms with van der Waals surface area (Å²) in [5, 5.41) is 15.5. The zero-order valence-corrected chi connectivity index (χ0v) is 36.7. The number of quaternary nitrogens is 1. The van der Waals surface area contributed by atoms with E-state index in [0.29, 0.717) is 25.9 Å². The number of amides is 2. The molecule has 0 radical (unpaired) electrons. The predicted octanol–water partition coefficient (Wildman–Crippen LogP) is 8.65. The van der Waals surface area contributed by atoms with Gasteiger partial charge in [0.15, 0.2) is 0 Å². The zero-order chi connectivity index (χ0) is 40.9. The summed E-state index contributed by atoms with van der Waals surface area (Å²) in [7, 11) is -3.60. The number of nitrogens with one attached hydrogen (secondary N) is 3. The lowest BCUT2D eigenvalue weighted by atomic mass is 10.1. The number of aliphatic hydroxyl groups excluding tert-OH is 1. The molecule has 0 aromatic rings. The first-order valence-corrected chi connectivity index (χ1v) is 23.8. The lowest BCUT2D eigenvalue weighted by Gasteiger charge is -2.20. The third-order valence-electron chi connectivity index (χ3n) is 9.83. The van der Waals surface area contributed by atoms with Crippen LogP contribution in [0.3, 0.4) is 0 Å². The largest absolute Gasteiger partial charge is 0.726 e. The van der Waals surface area contributed by atoms with Crippen molar-refractivity contribution in [3.8, 4) is 0 Å². The van der Waals surface area contributed by atoms with Gasteiger partial charge in [0.05, 0.1) is 39.8 Å². The molecule has 0 aliphatic rings. The summed E-state index contributed by atoms with van der Waals surface area (Å²) >= 11 is 0. The molecule has 0 saturated heterocycles. The van der Waals surface area contributed by atoms with Gasteiger partial charge in [0.25, 0.3) is 0 Å². The number of rotatable bonds is 40. The van der Waals surface area contributed by atoms with Gasteiger partial charge in [0.1, 0.15) is 0 Å². The minimum Gasteiger partial charge on any atom is -0.726 e. The summed E-state index contributed by atoms with van der Waals surface area (Å²) in [5.74, 6) is 0.291. The minimum atomic E-state index is -4.41. The SMILES string of the molecule is CCCCCCCCC=CCCCCCCCC(=O)NCC[NH+](CCCO)CCNC(=O)CCCCCCC/C=C/CCCCCCCC.COS(=O)(=O)[O-]. The standard InChI is InChI=1S/C43H83N3O3.CH4O4S/c1-3-5-7-9-11-13-15-17-19-21-23-25-27-29-31-34-42(48)44-36-39-46(38-33-41-47)40-37-45-43(49)35-32-30-28-26-24-22-20-18-16-14-12-10-8-6-4-2;1-5-6(2,3)4/h17-20,47H,3-16,21-41H2,1-2H3,(H,44,48)(H,45,49);1H3,(H,2,3,4)/b19-17+,20-18?;. The molecule has 0 spiro atoms. The first kappa shape index (κ1) is 55.3. The fourth-order valence-corrected chi connectivity index (χ4v) is 6.35. The molecule has 2 amide bonds. The van der Waals surface area contributed by atoms with Gasteiger partial charge in [0.2, 0.25) is 22.2 Å². The average Bonchev–Trinajstić information content (AvgIpc) is 3.16. The molecule has 0 saturated carbocycles. The smallest absolute Gasteiger partial charge is 0.220 e. The van der Waals surface area contributed by atoms with Crippen LogP contribution in [-0.2, 0) is 24.2 Å². The Balaban J connectivity index is 0. The Hall–Kier alpha value is -1.79. The molecule has 326 valence electrons. The molecule has 0 aromatic carbocycles. The molecule has 55 heavy (non-hydrogen) atoms. The molecule has 4 N–H and O–H groups in total. The number of carbonyl (C=O) groups excluding carboxylic acids is 2. The molecule has 0 aliphatic carbocycles. The van der Waals surface area contributed by atoms with Crippen molar-refractivity contribution in [2.75, 3.05) is 46.4 Å².